The number of rotatable bonds is 6. The van der Waals surface area contributed by atoms with Crippen molar-refractivity contribution in [2.45, 2.75) is 60.1 Å². The molecule has 0 aromatic carbocycles. The van der Waals surface area contributed by atoms with Gasteiger partial charge in [0.25, 0.3) is 20.2 Å². The zero-order chi connectivity index (χ0) is 23.7. The molecule has 3 saturated heterocycles. The summed E-state index contributed by atoms with van der Waals surface area (Å²) in [6.45, 7) is 2.82. The number of halogens is 4. The minimum Gasteiger partial charge on any atom is -0.456 e. The lowest BCUT2D eigenvalue weighted by molar-refractivity contribution is -0.219. The van der Waals surface area contributed by atoms with Crippen molar-refractivity contribution in [2.75, 3.05) is 5.75 Å². The molecule has 0 saturated carbocycles. The molecular formula is C14H16BrF3O11S2. The molecule has 1 N–H and O–H groups in total. The molecule has 7 atom stereocenters. The van der Waals surface area contributed by atoms with E-state index in [1.165, 1.54) is 13.8 Å². The van der Waals surface area contributed by atoms with E-state index in [1.807, 2.05) is 0 Å². The number of carbonyl (C=O) groups is 2. The number of hydrogen-bond donors (Lipinski definition) is 1. The average Bonchev–Trinajstić information content (AvgIpc) is 3.13. The van der Waals surface area contributed by atoms with Crippen molar-refractivity contribution in [3.05, 3.63) is 0 Å². The first kappa shape index (κ1) is 24.6. The van der Waals surface area contributed by atoms with Crippen LogP contribution in [0.3, 0.4) is 0 Å². The summed E-state index contributed by atoms with van der Waals surface area (Å²) >= 11 is 3.03. The number of esters is 2. The van der Waals surface area contributed by atoms with Gasteiger partial charge in [0.15, 0.2) is 6.10 Å². The predicted molar refractivity (Wildman–Crippen MR) is 95.0 cm³/mol. The van der Waals surface area contributed by atoms with Gasteiger partial charge in [-0.2, -0.15) is 30.0 Å². The van der Waals surface area contributed by atoms with Gasteiger partial charge in [0, 0.05) is 0 Å². The van der Waals surface area contributed by atoms with Crippen molar-refractivity contribution in [3.8, 4) is 0 Å². The van der Waals surface area contributed by atoms with Gasteiger partial charge in [-0.1, -0.05) is 15.9 Å². The number of fused-ring (bicyclic) bond motifs is 1. The number of ether oxygens (including phenoxy) is 3. The molecule has 3 fully saturated rings. The molecule has 0 aromatic heterocycles. The van der Waals surface area contributed by atoms with Crippen molar-refractivity contribution in [1.29, 1.82) is 0 Å². The smallest absolute Gasteiger partial charge is 0.426 e. The second-order valence-corrected chi connectivity index (χ2v) is 12.9. The normalized spacial score (nSPS) is 35.1. The van der Waals surface area contributed by atoms with E-state index >= 15 is 0 Å². The van der Waals surface area contributed by atoms with Crippen molar-refractivity contribution < 1.29 is 62.5 Å². The van der Waals surface area contributed by atoms with Crippen LogP contribution in [0.5, 0.6) is 0 Å². The summed E-state index contributed by atoms with van der Waals surface area (Å²) in [7, 11) is -9.72. The summed E-state index contributed by atoms with van der Waals surface area (Å²) in [5.41, 5.74) is 0. The zero-order valence-electron chi connectivity index (χ0n) is 15.6. The van der Waals surface area contributed by atoms with Crippen molar-refractivity contribution in [2.24, 2.45) is 5.92 Å². The summed E-state index contributed by atoms with van der Waals surface area (Å²) in [6.07, 6.45) is -14.2. The van der Waals surface area contributed by atoms with Crippen molar-refractivity contribution >= 4 is 48.1 Å². The number of hydrogen-bond acceptors (Lipinski definition) is 10. The average molecular weight is 561 g/mol. The molecule has 0 aliphatic carbocycles. The molecule has 3 aliphatic rings. The molecule has 2 bridgehead atoms. The Morgan fingerprint density at radius 2 is 1.77 bits per heavy atom. The minimum absolute atomic E-state index is 0.884. The molecule has 11 nitrogen and oxygen atoms in total. The molecule has 0 spiro atoms. The Kier molecular flexibility index (Phi) is 5.97. The van der Waals surface area contributed by atoms with Gasteiger partial charge in [0.05, 0.1) is 0 Å². The standard InChI is InChI=1S/C14H16BrF3O11S2/c1-13(2,15)12(20)28-7-6-5(10-9(27-6)8(7)29-31(10,24)25)11(19)26-4(14(16,17)18)3-30(21,22)23/h4-10H,3H2,1-2H3,(H,21,22,23). The lowest BCUT2D eigenvalue weighted by Crippen LogP contribution is -2.52. The van der Waals surface area contributed by atoms with Gasteiger partial charge in [-0.3, -0.25) is 18.3 Å². The molecule has 3 heterocycles. The SMILES string of the molecule is CC(C)(Br)C(=O)OC1C2OS(=O)(=O)C3C2OC1C3C(=O)OC(CS(=O)(=O)O)C(F)(F)F. The van der Waals surface area contributed by atoms with Crippen LogP contribution in [0.2, 0.25) is 0 Å². The fourth-order valence-corrected chi connectivity index (χ4v) is 6.16. The maximum absolute atomic E-state index is 13.1. The van der Waals surface area contributed by atoms with Crippen LogP contribution in [0, 0.1) is 5.92 Å². The zero-order valence-corrected chi connectivity index (χ0v) is 18.8. The maximum atomic E-state index is 13.1. The molecule has 31 heavy (non-hydrogen) atoms. The van der Waals surface area contributed by atoms with Gasteiger partial charge >= 0.3 is 18.1 Å². The van der Waals surface area contributed by atoms with E-state index in [0.717, 1.165) is 0 Å². The van der Waals surface area contributed by atoms with Crippen LogP contribution in [0.4, 0.5) is 13.2 Å². The highest BCUT2D eigenvalue weighted by molar-refractivity contribution is 9.10. The van der Waals surface area contributed by atoms with Crippen molar-refractivity contribution in [3.63, 3.8) is 0 Å². The largest absolute Gasteiger partial charge is 0.456 e. The Bertz CT molecular complexity index is 988. The first-order valence-corrected chi connectivity index (χ1v) is 12.4. The molecule has 178 valence electrons. The van der Waals surface area contributed by atoms with Crippen molar-refractivity contribution in [1.82, 2.24) is 0 Å². The van der Waals surface area contributed by atoms with E-state index in [4.69, 9.17) is 18.2 Å². The summed E-state index contributed by atoms with van der Waals surface area (Å²) in [4.78, 5) is 24.7. The number of carbonyl (C=O) groups excluding carboxylic acids is 2. The number of alkyl halides is 4. The fourth-order valence-electron chi connectivity index (χ4n) is 3.60. The maximum Gasteiger partial charge on any atom is 0.426 e. The lowest BCUT2D eigenvalue weighted by Gasteiger charge is -2.30. The van der Waals surface area contributed by atoms with Gasteiger partial charge in [-0.05, 0) is 13.8 Å². The molecular weight excluding hydrogens is 545 g/mol. The van der Waals surface area contributed by atoms with E-state index < -0.39 is 90.1 Å². The van der Waals surface area contributed by atoms with E-state index in [2.05, 4.69) is 20.7 Å². The van der Waals surface area contributed by atoms with Crippen LogP contribution < -0.4 is 0 Å². The van der Waals surface area contributed by atoms with Gasteiger partial charge < -0.3 is 14.2 Å². The third kappa shape index (κ3) is 4.71. The second kappa shape index (κ2) is 7.51. The molecule has 7 unspecified atom stereocenters. The van der Waals surface area contributed by atoms with E-state index in [1.54, 1.807) is 0 Å². The molecule has 0 aromatic rings. The summed E-state index contributed by atoms with van der Waals surface area (Å²) in [5.74, 6) is -6.52. The first-order valence-electron chi connectivity index (χ1n) is 8.53. The molecule has 17 heteroatoms. The van der Waals surface area contributed by atoms with E-state index in [-0.39, 0.29) is 0 Å². The van der Waals surface area contributed by atoms with Gasteiger partial charge in [-0.15, -0.1) is 0 Å². The summed E-state index contributed by atoms with van der Waals surface area (Å²) in [6, 6.07) is 0. The van der Waals surface area contributed by atoms with Crippen LogP contribution in [-0.2, 0) is 48.2 Å². The van der Waals surface area contributed by atoms with E-state index in [9.17, 15) is 39.6 Å². The Morgan fingerprint density at radius 1 is 1.19 bits per heavy atom. The summed E-state index contributed by atoms with van der Waals surface area (Å²) < 4.78 is 113. The fraction of sp³-hybridized carbons (Fsp3) is 0.857. The second-order valence-electron chi connectivity index (χ2n) is 7.67. The first-order chi connectivity index (χ1) is 13.8. The Balaban J connectivity index is 1.89. The van der Waals surface area contributed by atoms with E-state index in [0.29, 0.717) is 0 Å². The highest BCUT2D eigenvalue weighted by atomic mass is 79.9. The highest BCUT2D eigenvalue weighted by Crippen LogP contribution is 2.52. The van der Waals surface area contributed by atoms with Crippen LogP contribution >= 0.6 is 15.9 Å². The molecule has 3 rings (SSSR count). The third-order valence-electron chi connectivity index (χ3n) is 4.88. The monoisotopic (exact) mass is 560 g/mol. The quantitative estimate of drug-likeness (QED) is 0.200. The van der Waals surface area contributed by atoms with Gasteiger partial charge in [0.2, 0.25) is 6.10 Å². The van der Waals surface area contributed by atoms with Crippen LogP contribution in [-0.4, -0.2) is 85.4 Å². The lowest BCUT2D eigenvalue weighted by atomic mass is 9.84. The molecule has 0 radical (unpaired) electrons. The Morgan fingerprint density at radius 3 is 2.26 bits per heavy atom. The highest BCUT2D eigenvalue weighted by Gasteiger charge is 2.74. The molecule has 3 aliphatic heterocycles. The van der Waals surface area contributed by atoms with Crippen LogP contribution in [0.15, 0.2) is 0 Å². The van der Waals surface area contributed by atoms with Gasteiger partial charge in [-0.25, -0.2) is 0 Å². The Hall–Kier alpha value is -1.01. The van der Waals surface area contributed by atoms with Crippen LogP contribution in [0.25, 0.3) is 0 Å². The minimum atomic E-state index is -5.39. The van der Waals surface area contributed by atoms with Gasteiger partial charge in [0.1, 0.15) is 39.6 Å². The summed E-state index contributed by atoms with van der Waals surface area (Å²) in [5, 5.41) is -1.73. The topological polar surface area (TPSA) is 160 Å². The Labute approximate surface area is 182 Å². The van der Waals surface area contributed by atoms with Crippen LogP contribution in [0.1, 0.15) is 13.8 Å². The predicted octanol–water partition coefficient (Wildman–Crippen LogP) is -0.0720. The third-order valence-corrected chi connectivity index (χ3v) is 7.65. The molecule has 0 amide bonds.